The number of anilines is 1. The molecule has 1 aliphatic rings. The van der Waals surface area contributed by atoms with Gasteiger partial charge in [-0.25, -0.2) is 4.98 Å². The van der Waals surface area contributed by atoms with E-state index in [0.717, 1.165) is 30.3 Å². The average Bonchev–Trinajstić information content (AvgIpc) is 2.70. The third kappa shape index (κ3) is 2.01. The van der Waals surface area contributed by atoms with E-state index in [0.29, 0.717) is 5.92 Å². The maximum absolute atomic E-state index is 6.36. The van der Waals surface area contributed by atoms with Crippen molar-refractivity contribution in [3.8, 4) is 11.3 Å². The largest absolute Gasteiger partial charge is 0.383 e. The van der Waals surface area contributed by atoms with Crippen LogP contribution >= 0.6 is 0 Å². The molecule has 0 spiro atoms. The van der Waals surface area contributed by atoms with Crippen LogP contribution in [0, 0.1) is 26.7 Å². The van der Waals surface area contributed by atoms with Gasteiger partial charge >= 0.3 is 0 Å². The minimum Gasteiger partial charge on any atom is -0.383 e. The zero-order valence-electron chi connectivity index (χ0n) is 12.8. The van der Waals surface area contributed by atoms with E-state index in [-0.39, 0.29) is 0 Å². The SMILES string of the molecule is Cc1cc(C)c(-c2nc3n(c2N)CCC(C)C3)cc1C. The number of nitrogens with two attached hydrogens (primary N) is 1. The second kappa shape index (κ2) is 4.65. The highest BCUT2D eigenvalue weighted by molar-refractivity contribution is 5.74. The van der Waals surface area contributed by atoms with Gasteiger partial charge in [0.15, 0.2) is 0 Å². The van der Waals surface area contributed by atoms with E-state index >= 15 is 0 Å². The third-order valence-electron chi connectivity index (χ3n) is 4.56. The topological polar surface area (TPSA) is 43.8 Å². The summed E-state index contributed by atoms with van der Waals surface area (Å²) < 4.78 is 2.20. The van der Waals surface area contributed by atoms with Crippen LogP contribution in [0.4, 0.5) is 5.82 Å². The summed E-state index contributed by atoms with van der Waals surface area (Å²) in [6.45, 7) is 9.72. The molecule has 1 aromatic heterocycles. The van der Waals surface area contributed by atoms with Crippen molar-refractivity contribution in [1.29, 1.82) is 0 Å². The molecule has 1 aliphatic heterocycles. The molecular formula is C17H23N3. The van der Waals surface area contributed by atoms with E-state index in [1.54, 1.807) is 0 Å². The number of rotatable bonds is 1. The van der Waals surface area contributed by atoms with E-state index in [2.05, 4.69) is 44.4 Å². The lowest BCUT2D eigenvalue weighted by molar-refractivity contribution is 0.412. The van der Waals surface area contributed by atoms with Crippen molar-refractivity contribution in [1.82, 2.24) is 9.55 Å². The van der Waals surface area contributed by atoms with Gasteiger partial charge in [-0.3, -0.25) is 0 Å². The third-order valence-corrected chi connectivity index (χ3v) is 4.56. The predicted molar refractivity (Wildman–Crippen MR) is 83.8 cm³/mol. The van der Waals surface area contributed by atoms with Gasteiger partial charge < -0.3 is 10.3 Å². The summed E-state index contributed by atoms with van der Waals surface area (Å²) in [4.78, 5) is 4.84. The molecule has 0 radical (unpaired) electrons. The molecule has 0 saturated carbocycles. The van der Waals surface area contributed by atoms with E-state index in [1.165, 1.54) is 28.7 Å². The highest BCUT2D eigenvalue weighted by Gasteiger charge is 2.22. The summed E-state index contributed by atoms with van der Waals surface area (Å²) >= 11 is 0. The monoisotopic (exact) mass is 269 g/mol. The first-order chi connectivity index (χ1) is 9.47. The van der Waals surface area contributed by atoms with Crippen molar-refractivity contribution < 1.29 is 0 Å². The van der Waals surface area contributed by atoms with Crippen LogP contribution in [0.25, 0.3) is 11.3 Å². The summed E-state index contributed by atoms with van der Waals surface area (Å²) in [6.07, 6.45) is 2.23. The molecular weight excluding hydrogens is 246 g/mol. The highest BCUT2D eigenvalue weighted by atomic mass is 15.1. The minimum absolute atomic E-state index is 0.706. The van der Waals surface area contributed by atoms with Crippen molar-refractivity contribution in [2.45, 2.75) is 47.1 Å². The molecule has 20 heavy (non-hydrogen) atoms. The molecule has 2 N–H and O–H groups in total. The molecule has 3 heteroatoms. The highest BCUT2D eigenvalue weighted by Crippen LogP contribution is 2.33. The Hall–Kier alpha value is -1.77. The van der Waals surface area contributed by atoms with Crippen LogP contribution < -0.4 is 5.73 Å². The Bertz CT molecular complexity index is 667. The van der Waals surface area contributed by atoms with Crippen LogP contribution in [0.3, 0.4) is 0 Å². The lowest BCUT2D eigenvalue weighted by atomic mass is 9.99. The maximum atomic E-state index is 6.36. The fraction of sp³-hybridized carbons (Fsp3) is 0.471. The van der Waals surface area contributed by atoms with Crippen molar-refractivity contribution >= 4 is 5.82 Å². The Labute approximate surface area is 120 Å². The molecule has 1 atom stereocenters. The number of nitrogens with zero attached hydrogens (tertiary/aromatic N) is 2. The number of fused-ring (bicyclic) bond motifs is 1. The number of aryl methyl sites for hydroxylation is 3. The van der Waals surface area contributed by atoms with Crippen LogP contribution in [-0.2, 0) is 13.0 Å². The molecule has 1 aromatic carbocycles. The van der Waals surface area contributed by atoms with Crippen LogP contribution in [0.2, 0.25) is 0 Å². The van der Waals surface area contributed by atoms with Gasteiger partial charge in [0.1, 0.15) is 17.3 Å². The van der Waals surface area contributed by atoms with Crippen LogP contribution in [0.1, 0.15) is 35.9 Å². The molecule has 1 unspecified atom stereocenters. The van der Waals surface area contributed by atoms with Crippen molar-refractivity contribution in [2.24, 2.45) is 5.92 Å². The quantitative estimate of drug-likeness (QED) is 0.859. The lowest BCUT2D eigenvalue weighted by Gasteiger charge is -2.20. The van der Waals surface area contributed by atoms with E-state index in [4.69, 9.17) is 10.7 Å². The van der Waals surface area contributed by atoms with E-state index < -0.39 is 0 Å². The normalized spacial score (nSPS) is 18.1. The number of aromatic nitrogens is 2. The fourth-order valence-corrected chi connectivity index (χ4v) is 3.10. The van der Waals surface area contributed by atoms with Gasteiger partial charge in [0.2, 0.25) is 0 Å². The molecule has 0 aliphatic carbocycles. The first kappa shape index (κ1) is 13.2. The molecule has 0 bridgehead atoms. The van der Waals surface area contributed by atoms with Crippen molar-refractivity contribution in [3.05, 3.63) is 34.6 Å². The molecule has 0 saturated heterocycles. The average molecular weight is 269 g/mol. The number of imidazole rings is 1. The second-order valence-electron chi connectivity index (χ2n) is 6.26. The van der Waals surface area contributed by atoms with Crippen LogP contribution in [0.15, 0.2) is 12.1 Å². The summed E-state index contributed by atoms with van der Waals surface area (Å²) in [5.41, 5.74) is 12.4. The van der Waals surface area contributed by atoms with Gasteiger partial charge in [-0.2, -0.15) is 0 Å². The lowest BCUT2D eigenvalue weighted by Crippen LogP contribution is -2.18. The summed E-state index contributed by atoms with van der Waals surface area (Å²) in [6, 6.07) is 4.45. The maximum Gasteiger partial charge on any atom is 0.131 e. The molecule has 0 amide bonds. The Morgan fingerprint density at radius 2 is 1.85 bits per heavy atom. The van der Waals surface area contributed by atoms with E-state index in [1.807, 2.05) is 0 Å². The van der Waals surface area contributed by atoms with Gasteiger partial charge in [-0.1, -0.05) is 13.0 Å². The van der Waals surface area contributed by atoms with Crippen molar-refractivity contribution in [2.75, 3.05) is 5.73 Å². The zero-order valence-corrected chi connectivity index (χ0v) is 12.8. The van der Waals surface area contributed by atoms with Gasteiger partial charge in [0.25, 0.3) is 0 Å². The number of hydrogen-bond acceptors (Lipinski definition) is 2. The predicted octanol–water partition coefficient (Wildman–Crippen LogP) is 3.64. The summed E-state index contributed by atoms with van der Waals surface area (Å²) in [7, 11) is 0. The van der Waals surface area contributed by atoms with Crippen LogP contribution in [0.5, 0.6) is 0 Å². The Kier molecular flexibility index (Phi) is 3.08. The molecule has 0 fully saturated rings. The Balaban J connectivity index is 2.14. The van der Waals surface area contributed by atoms with Crippen molar-refractivity contribution in [3.63, 3.8) is 0 Å². The van der Waals surface area contributed by atoms with Gasteiger partial charge in [-0.15, -0.1) is 0 Å². The Morgan fingerprint density at radius 3 is 2.60 bits per heavy atom. The molecule has 106 valence electrons. The van der Waals surface area contributed by atoms with Gasteiger partial charge in [0, 0.05) is 18.5 Å². The molecule has 3 rings (SSSR count). The summed E-state index contributed by atoms with van der Waals surface area (Å²) in [5, 5.41) is 0. The fourth-order valence-electron chi connectivity index (χ4n) is 3.10. The van der Waals surface area contributed by atoms with Crippen LogP contribution in [-0.4, -0.2) is 9.55 Å². The zero-order chi connectivity index (χ0) is 14.4. The Morgan fingerprint density at radius 1 is 1.15 bits per heavy atom. The first-order valence-corrected chi connectivity index (χ1v) is 7.40. The second-order valence-corrected chi connectivity index (χ2v) is 6.26. The van der Waals surface area contributed by atoms with Gasteiger partial charge in [-0.05, 0) is 55.9 Å². The number of hydrogen-bond donors (Lipinski definition) is 1. The molecule has 3 nitrogen and oxygen atoms in total. The number of benzene rings is 1. The van der Waals surface area contributed by atoms with Gasteiger partial charge in [0.05, 0.1) is 0 Å². The van der Waals surface area contributed by atoms with E-state index in [9.17, 15) is 0 Å². The summed E-state index contributed by atoms with van der Waals surface area (Å²) in [5.74, 6) is 2.69. The standard InChI is InChI=1S/C17H23N3/c1-10-5-6-20-15(7-10)19-16(17(20)18)14-9-12(3)11(2)8-13(14)4/h8-10H,5-7,18H2,1-4H3. The first-order valence-electron chi connectivity index (χ1n) is 7.40. The smallest absolute Gasteiger partial charge is 0.131 e. The minimum atomic E-state index is 0.706. The molecule has 2 aromatic rings. The number of nitrogen functional groups attached to an aromatic ring is 1. The molecule has 2 heterocycles.